The van der Waals surface area contributed by atoms with Crippen LogP contribution in [0.1, 0.15) is 17.5 Å². The molecular weight excluding hydrogens is 349 g/mol. The van der Waals surface area contributed by atoms with E-state index < -0.39 is 17.5 Å². The minimum Gasteiger partial charge on any atom is -0.496 e. The molecule has 0 saturated carbocycles. The zero-order valence-corrected chi connectivity index (χ0v) is 15.3. The Kier molecular flexibility index (Phi) is 5.77. The van der Waals surface area contributed by atoms with Crippen LogP contribution in [0.4, 0.5) is 4.39 Å². The van der Waals surface area contributed by atoms with Crippen molar-refractivity contribution in [1.29, 1.82) is 0 Å². The number of piperidine rings is 1. The molecule has 0 unspecified atom stereocenters. The van der Waals surface area contributed by atoms with Gasteiger partial charge in [-0.25, -0.2) is 4.39 Å². The van der Waals surface area contributed by atoms with Gasteiger partial charge >= 0.3 is 5.97 Å². The van der Waals surface area contributed by atoms with Crippen molar-refractivity contribution in [2.75, 3.05) is 20.2 Å². The maximum Gasteiger partial charge on any atom is 0.313 e. The lowest BCUT2D eigenvalue weighted by atomic mass is 9.72. The number of carboxylic acids is 1. The lowest BCUT2D eigenvalue weighted by Gasteiger charge is -2.43. The predicted octanol–water partition coefficient (Wildman–Crippen LogP) is 2.71. The Labute approximate surface area is 158 Å². The first-order chi connectivity index (χ1) is 12.9. The number of benzene rings is 2. The molecule has 0 amide bonds. The van der Waals surface area contributed by atoms with Crippen molar-refractivity contribution >= 4 is 5.97 Å². The van der Waals surface area contributed by atoms with Crippen molar-refractivity contribution in [2.45, 2.75) is 25.5 Å². The van der Waals surface area contributed by atoms with Crippen LogP contribution in [-0.4, -0.2) is 47.4 Å². The van der Waals surface area contributed by atoms with Gasteiger partial charge in [-0.1, -0.05) is 30.3 Å². The molecule has 144 valence electrons. The summed E-state index contributed by atoms with van der Waals surface area (Å²) in [4.78, 5) is 14.1. The molecule has 6 heteroatoms. The monoisotopic (exact) mass is 373 g/mol. The van der Waals surface area contributed by atoms with E-state index in [9.17, 15) is 19.4 Å². The number of aliphatic carboxylic acids is 1. The SMILES string of the molecule is COc1ccc(F)cc1CN1CC[C@H](O)[C@@](Cc2ccccc2)(C(=O)O)C1. The van der Waals surface area contributed by atoms with Crippen LogP contribution in [0.25, 0.3) is 0 Å². The molecule has 0 spiro atoms. The van der Waals surface area contributed by atoms with Gasteiger partial charge in [0.2, 0.25) is 0 Å². The first-order valence-electron chi connectivity index (χ1n) is 8.95. The van der Waals surface area contributed by atoms with Gasteiger partial charge in [0.05, 0.1) is 13.2 Å². The Morgan fingerprint density at radius 2 is 2.04 bits per heavy atom. The number of methoxy groups -OCH3 is 1. The molecule has 3 rings (SSSR count). The van der Waals surface area contributed by atoms with Crippen LogP contribution < -0.4 is 4.74 Å². The standard InChI is InChI=1S/C21H24FNO4/c1-27-18-8-7-17(22)11-16(18)13-23-10-9-19(24)21(14-23,20(25)26)12-15-5-3-2-4-6-15/h2-8,11,19,24H,9-10,12-14H2,1H3,(H,25,26)/t19-,21-/m0/s1. The summed E-state index contributed by atoms with van der Waals surface area (Å²) in [5, 5.41) is 20.6. The summed E-state index contributed by atoms with van der Waals surface area (Å²) in [6.07, 6.45) is -0.362. The van der Waals surface area contributed by atoms with Crippen LogP contribution in [0, 0.1) is 11.2 Å². The summed E-state index contributed by atoms with van der Waals surface area (Å²) >= 11 is 0. The third-order valence-corrected chi connectivity index (χ3v) is 5.29. The molecule has 0 bridgehead atoms. The van der Waals surface area contributed by atoms with Crippen LogP contribution >= 0.6 is 0 Å². The van der Waals surface area contributed by atoms with Crippen LogP contribution in [0.5, 0.6) is 5.75 Å². The number of carbonyl (C=O) groups is 1. The number of aliphatic hydroxyl groups is 1. The number of rotatable bonds is 6. The second-order valence-corrected chi connectivity index (χ2v) is 7.09. The number of nitrogens with zero attached hydrogens (tertiary/aromatic N) is 1. The Hall–Kier alpha value is -2.44. The second-order valence-electron chi connectivity index (χ2n) is 7.09. The van der Waals surface area contributed by atoms with Crippen molar-refractivity contribution in [3.63, 3.8) is 0 Å². The third kappa shape index (κ3) is 4.12. The molecule has 2 atom stereocenters. The van der Waals surface area contributed by atoms with Crippen molar-refractivity contribution in [1.82, 2.24) is 4.90 Å². The Morgan fingerprint density at radius 3 is 2.70 bits per heavy atom. The molecule has 2 N–H and O–H groups in total. The van der Waals surface area contributed by atoms with Gasteiger partial charge in [0.1, 0.15) is 17.0 Å². The zero-order chi connectivity index (χ0) is 19.4. The molecule has 0 aliphatic carbocycles. The minimum absolute atomic E-state index is 0.179. The molecule has 0 radical (unpaired) electrons. The van der Waals surface area contributed by atoms with Gasteiger partial charge in [-0.15, -0.1) is 0 Å². The number of hydrogen-bond acceptors (Lipinski definition) is 4. The maximum absolute atomic E-state index is 13.7. The molecule has 1 saturated heterocycles. The molecule has 2 aromatic carbocycles. The number of carboxylic acid groups (broad SMARTS) is 1. The molecule has 1 aliphatic heterocycles. The van der Waals surface area contributed by atoms with E-state index in [0.29, 0.717) is 30.8 Å². The molecule has 0 aromatic heterocycles. The zero-order valence-electron chi connectivity index (χ0n) is 15.3. The van der Waals surface area contributed by atoms with E-state index in [1.54, 1.807) is 6.07 Å². The molecule has 1 heterocycles. The molecule has 5 nitrogen and oxygen atoms in total. The van der Waals surface area contributed by atoms with Gasteiger partial charge in [-0.3, -0.25) is 9.69 Å². The number of halogens is 1. The summed E-state index contributed by atoms with van der Waals surface area (Å²) in [5.41, 5.74) is 0.220. The summed E-state index contributed by atoms with van der Waals surface area (Å²) < 4.78 is 19.0. The van der Waals surface area contributed by atoms with E-state index in [1.165, 1.54) is 19.2 Å². The van der Waals surface area contributed by atoms with Crippen molar-refractivity contribution in [2.24, 2.45) is 5.41 Å². The predicted molar refractivity (Wildman–Crippen MR) is 99.1 cm³/mol. The first-order valence-corrected chi connectivity index (χ1v) is 8.95. The van der Waals surface area contributed by atoms with E-state index in [2.05, 4.69) is 0 Å². The van der Waals surface area contributed by atoms with Gasteiger partial charge < -0.3 is 14.9 Å². The van der Waals surface area contributed by atoms with Crippen molar-refractivity contribution in [3.05, 3.63) is 65.5 Å². The minimum atomic E-state index is -1.31. The van der Waals surface area contributed by atoms with E-state index in [-0.39, 0.29) is 18.8 Å². The molecule has 27 heavy (non-hydrogen) atoms. The van der Waals surface area contributed by atoms with E-state index in [0.717, 1.165) is 5.56 Å². The first kappa shape index (κ1) is 19.3. The van der Waals surface area contributed by atoms with E-state index in [1.807, 2.05) is 35.2 Å². The van der Waals surface area contributed by atoms with Gasteiger partial charge in [0.25, 0.3) is 0 Å². The maximum atomic E-state index is 13.7. The summed E-state index contributed by atoms with van der Waals surface area (Å²) in [5.74, 6) is -0.821. The number of hydrogen-bond donors (Lipinski definition) is 2. The average Bonchev–Trinajstić information content (AvgIpc) is 2.65. The van der Waals surface area contributed by atoms with Gasteiger partial charge in [-0.2, -0.15) is 0 Å². The highest BCUT2D eigenvalue weighted by Crippen LogP contribution is 2.36. The summed E-state index contributed by atoms with van der Waals surface area (Å²) in [6, 6.07) is 13.6. The normalized spacial score (nSPS) is 23.1. The van der Waals surface area contributed by atoms with Crippen LogP contribution in [0.2, 0.25) is 0 Å². The van der Waals surface area contributed by atoms with Gasteiger partial charge in [0, 0.05) is 25.2 Å². The highest BCUT2D eigenvalue weighted by molar-refractivity contribution is 5.76. The van der Waals surface area contributed by atoms with E-state index >= 15 is 0 Å². The molecule has 1 fully saturated rings. The Bertz CT molecular complexity index is 798. The fourth-order valence-corrected chi connectivity index (χ4v) is 3.83. The Morgan fingerprint density at radius 1 is 1.30 bits per heavy atom. The quantitative estimate of drug-likeness (QED) is 0.815. The van der Waals surface area contributed by atoms with Gasteiger partial charge in [-0.05, 0) is 36.6 Å². The van der Waals surface area contributed by atoms with Gasteiger partial charge in [0.15, 0.2) is 0 Å². The third-order valence-electron chi connectivity index (χ3n) is 5.29. The van der Waals surface area contributed by atoms with Crippen LogP contribution in [-0.2, 0) is 17.8 Å². The van der Waals surface area contributed by atoms with Crippen molar-refractivity contribution in [3.8, 4) is 5.75 Å². The number of aliphatic hydroxyl groups excluding tert-OH is 1. The molecule has 1 aliphatic rings. The topological polar surface area (TPSA) is 70.0 Å². The Balaban J connectivity index is 1.85. The fraction of sp³-hybridized carbons (Fsp3) is 0.381. The number of likely N-dealkylation sites (tertiary alicyclic amines) is 1. The number of ether oxygens (including phenoxy) is 1. The molecular formula is C21H24FNO4. The molecule has 2 aromatic rings. The average molecular weight is 373 g/mol. The second kappa shape index (κ2) is 8.06. The highest BCUT2D eigenvalue weighted by atomic mass is 19.1. The smallest absolute Gasteiger partial charge is 0.313 e. The van der Waals surface area contributed by atoms with Crippen LogP contribution in [0.3, 0.4) is 0 Å². The largest absolute Gasteiger partial charge is 0.496 e. The lowest BCUT2D eigenvalue weighted by molar-refractivity contribution is -0.163. The summed E-state index contributed by atoms with van der Waals surface area (Å²) in [6.45, 7) is 1.07. The van der Waals surface area contributed by atoms with Crippen molar-refractivity contribution < 1.29 is 24.1 Å². The highest BCUT2D eigenvalue weighted by Gasteiger charge is 2.49. The lowest BCUT2D eigenvalue weighted by Crippen LogP contribution is -2.56. The van der Waals surface area contributed by atoms with E-state index in [4.69, 9.17) is 4.74 Å². The summed E-state index contributed by atoms with van der Waals surface area (Å²) in [7, 11) is 1.52. The fourth-order valence-electron chi connectivity index (χ4n) is 3.83. The van der Waals surface area contributed by atoms with Crippen LogP contribution in [0.15, 0.2) is 48.5 Å².